The van der Waals surface area contributed by atoms with Crippen LogP contribution in [0.2, 0.25) is 0 Å². The van der Waals surface area contributed by atoms with Gasteiger partial charge >= 0.3 is 0 Å². The number of hydrogen-bond acceptors (Lipinski definition) is 6. The van der Waals surface area contributed by atoms with Crippen molar-refractivity contribution in [3.8, 4) is 17.1 Å². The minimum atomic E-state index is -1.47. The van der Waals surface area contributed by atoms with E-state index in [1.807, 2.05) is 32.9 Å². The molecule has 0 fully saturated rings. The van der Waals surface area contributed by atoms with Gasteiger partial charge in [0.15, 0.2) is 0 Å². The number of nitrogens with zero attached hydrogens (tertiary/aromatic N) is 4. The molecule has 1 atom stereocenters. The lowest BCUT2D eigenvalue weighted by molar-refractivity contribution is 0.285. The van der Waals surface area contributed by atoms with Gasteiger partial charge in [-0.05, 0) is 45.9 Å². The van der Waals surface area contributed by atoms with Crippen LogP contribution in [0.1, 0.15) is 39.0 Å². The number of halogens is 1. The van der Waals surface area contributed by atoms with Crippen molar-refractivity contribution in [2.75, 3.05) is 0 Å². The molecule has 6 nitrogen and oxygen atoms in total. The molecule has 3 heterocycles. The molecule has 144 valence electrons. The van der Waals surface area contributed by atoms with Crippen LogP contribution in [-0.2, 0) is 18.0 Å². The van der Waals surface area contributed by atoms with Gasteiger partial charge in [-0.1, -0.05) is 4.40 Å². The second-order valence-electron chi connectivity index (χ2n) is 7.52. The van der Waals surface area contributed by atoms with Crippen LogP contribution in [0.4, 0.5) is 4.39 Å². The van der Waals surface area contributed by atoms with Gasteiger partial charge in [0.1, 0.15) is 34.2 Å². The molecule has 4 rings (SSSR count). The summed E-state index contributed by atoms with van der Waals surface area (Å²) in [5, 5.41) is 0. The van der Waals surface area contributed by atoms with Crippen LogP contribution in [0.3, 0.4) is 0 Å². The lowest BCUT2D eigenvalue weighted by Gasteiger charge is -2.20. The smallest absolute Gasteiger partial charge is 0.241 e. The Morgan fingerprint density at radius 3 is 2.82 bits per heavy atom. The third-order valence-corrected chi connectivity index (χ3v) is 5.81. The Balaban J connectivity index is 1.93. The van der Waals surface area contributed by atoms with Gasteiger partial charge in [0.25, 0.3) is 0 Å². The van der Waals surface area contributed by atoms with E-state index in [1.165, 1.54) is 12.1 Å². The number of fused-ring (bicyclic) bond motifs is 4. The zero-order chi connectivity index (χ0) is 20.1. The molecule has 2 aromatic heterocycles. The second-order valence-corrected chi connectivity index (χ2v) is 9.43. The first-order chi connectivity index (χ1) is 13.2. The van der Waals surface area contributed by atoms with Gasteiger partial charge in [-0.25, -0.2) is 14.4 Å². The summed E-state index contributed by atoms with van der Waals surface area (Å²) in [6.07, 6.45) is 1.70. The molecule has 0 aliphatic carbocycles. The van der Waals surface area contributed by atoms with Crippen LogP contribution < -0.4 is 4.74 Å². The minimum absolute atomic E-state index is 0.288. The number of pyridine rings is 1. The van der Waals surface area contributed by atoms with Crippen molar-refractivity contribution in [1.82, 2.24) is 15.0 Å². The van der Waals surface area contributed by atoms with Gasteiger partial charge in [-0.3, -0.25) is 4.98 Å². The van der Waals surface area contributed by atoms with E-state index in [0.29, 0.717) is 33.9 Å². The Morgan fingerprint density at radius 1 is 1.29 bits per heavy atom. The molecule has 0 saturated heterocycles. The van der Waals surface area contributed by atoms with Crippen LogP contribution in [0.25, 0.3) is 22.3 Å². The summed E-state index contributed by atoms with van der Waals surface area (Å²) in [6, 6.07) is 6.38. The van der Waals surface area contributed by atoms with Gasteiger partial charge in [0.05, 0.1) is 22.4 Å². The molecule has 8 heteroatoms. The van der Waals surface area contributed by atoms with E-state index in [1.54, 1.807) is 13.1 Å². The summed E-state index contributed by atoms with van der Waals surface area (Å²) in [4.78, 5) is 13.5. The lowest BCUT2D eigenvalue weighted by Crippen LogP contribution is -2.26. The van der Waals surface area contributed by atoms with Crippen molar-refractivity contribution in [2.45, 2.75) is 39.0 Å². The molecule has 1 aliphatic heterocycles. The van der Waals surface area contributed by atoms with Crippen molar-refractivity contribution in [1.29, 1.82) is 0 Å². The number of hydrogen-bond donors (Lipinski definition) is 0. The standard InChI is InChI=1S/C20H19FN4O2S/c1-11(25-28(26)20(2,3)4)14-8-12(21)9-15-17(14)24-18-13-6-5-7-22-16(13)10-27-19(18)23-15/h5-9H,10H2,1-4H3. The predicted octanol–water partition coefficient (Wildman–Crippen LogP) is 3.99. The van der Waals surface area contributed by atoms with Crippen LogP contribution >= 0.6 is 0 Å². The molecule has 1 aliphatic rings. The Bertz CT molecular complexity index is 1110. The van der Waals surface area contributed by atoms with E-state index >= 15 is 0 Å². The zero-order valence-corrected chi connectivity index (χ0v) is 16.8. The summed E-state index contributed by atoms with van der Waals surface area (Å²) in [6.45, 7) is 7.49. The van der Waals surface area contributed by atoms with Gasteiger partial charge < -0.3 is 9.29 Å². The van der Waals surface area contributed by atoms with Gasteiger partial charge in [-0.2, -0.15) is 0 Å². The molecule has 0 radical (unpaired) electrons. The Hall–Kier alpha value is -2.58. The first-order valence-corrected chi connectivity index (χ1v) is 9.91. The van der Waals surface area contributed by atoms with E-state index in [4.69, 9.17) is 9.72 Å². The van der Waals surface area contributed by atoms with Crippen molar-refractivity contribution in [3.05, 3.63) is 47.5 Å². The summed E-state index contributed by atoms with van der Waals surface area (Å²) in [7, 11) is 0. The highest BCUT2D eigenvalue weighted by atomic mass is 32.2. The highest BCUT2D eigenvalue weighted by Gasteiger charge is 2.28. The first kappa shape index (κ1) is 18.8. The van der Waals surface area contributed by atoms with E-state index in [-0.39, 0.29) is 6.61 Å². The molecular weight excluding hydrogens is 379 g/mol. The first-order valence-electron chi connectivity index (χ1n) is 8.80. The molecule has 28 heavy (non-hydrogen) atoms. The fourth-order valence-corrected chi connectivity index (χ4v) is 3.50. The maximum Gasteiger partial charge on any atom is 0.241 e. The monoisotopic (exact) mass is 398 g/mol. The van der Waals surface area contributed by atoms with Crippen molar-refractivity contribution < 1.29 is 13.7 Å². The number of ether oxygens (including phenoxy) is 1. The Morgan fingerprint density at radius 2 is 2.07 bits per heavy atom. The summed E-state index contributed by atoms with van der Waals surface area (Å²) in [5.74, 6) is -0.122. The maximum atomic E-state index is 14.3. The zero-order valence-electron chi connectivity index (χ0n) is 16.0. The highest BCUT2D eigenvalue weighted by molar-refractivity contribution is 7.91. The molecule has 1 unspecified atom stereocenters. The normalized spacial score (nSPS) is 15.0. The Kier molecular flexibility index (Phi) is 4.55. The number of rotatable bonds is 2. The van der Waals surface area contributed by atoms with Gasteiger partial charge in [0.2, 0.25) is 5.88 Å². The predicted molar refractivity (Wildman–Crippen MR) is 107 cm³/mol. The van der Waals surface area contributed by atoms with Crippen LogP contribution in [0.5, 0.6) is 5.88 Å². The molecule has 1 aromatic carbocycles. The fourth-order valence-electron chi connectivity index (χ4n) is 2.88. The molecule has 0 amide bonds. The molecule has 0 N–H and O–H groups in total. The molecule has 3 aromatic rings. The minimum Gasteiger partial charge on any atom is -0.591 e. The third kappa shape index (κ3) is 3.33. The summed E-state index contributed by atoms with van der Waals surface area (Å²) in [5.41, 5.74) is 3.89. The quantitative estimate of drug-likeness (QED) is 0.481. The van der Waals surface area contributed by atoms with Gasteiger partial charge in [0, 0.05) is 23.4 Å². The van der Waals surface area contributed by atoms with Gasteiger partial charge in [-0.15, -0.1) is 0 Å². The molecular formula is C20H19FN4O2S. The van der Waals surface area contributed by atoms with Crippen molar-refractivity contribution in [2.24, 2.45) is 4.40 Å². The van der Waals surface area contributed by atoms with Crippen LogP contribution in [-0.4, -0.2) is 30.0 Å². The molecule has 0 bridgehead atoms. The van der Waals surface area contributed by atoms with E-state index in [9.17, 15) is 8.94 Å². The van der Waals surface area contributed by atoms with E-state index < -0.39 is 21.9 Å². The summed E-state index contributed by atoms with van der Waals surface area (Å²) >= 11 is -1.47. The average molecular weight is 398 g/mol. The summed E-state index contributed by atoms with van der Waals surface area (Å²) < 4.78 is 36.1. The topological polar surface area (TPSA) is 83.3 Å². The average Bonchev–Trinajstić information content (AvgIpc) is 2.65. The SMILES string of the molecule is CC(=N[S+]([O-])C(C)(C)C)c1cc(F)cc2nc3c(nc12)-c1cccnc1CO3. The largest absolute Gasteiger partial charge is 0.591 e. The molecule has 0 saturated carbocycles. The maximum absolute atomic E-state index is 14.3. The Labute approximate surface area is 165 Å². The second kappa shape index (κ2) is 6.79. The lowest BCUT2D eigenvalue weighted by atomic mass is 10.1. The number of benzene rings is 1. The van der Waals surface area contributed by atoms with E-state index in [2.05, 4.69) is 14.4 Å². The van der Waals surface area contributed by atoms with E-state index in [0.717, 1.165) is 11.3 Å². The van der Waals surface area contributed by atoms with Crippen LogP contribution in [0.15, 0.2) is 34.9 Å². The number of aromatic nitrogens is 3. The van der Waals surface area contributed by atoms with Crippen LogP contribution in [0, 0.1) is 5.82 Å². The third-order valence-electron chi connectivity index (χ3n) is 4.33. The fraction of sp³-hybridized carbons (Fsp3) is 0.300. The highest BCUT2D eigenvalue weighted by Crippen LogP contribution is 2.35. The van der Waals surface area contributed by atoms with Crippen molar-refractivity contribution in [3.63, 3.8) is 0 Å². The van der Waals surface area contributed by atoms with Crippen molar-refractivity contribution >= 4 is 28.1 Å². The molecule has 0 spiro atoms.